The summed E-state index contributed by atoms with van der Waals surface area (Å²) in [4.78, 5) is 29.2. The summed E-state index contributed by atoms with van der Waals surface area (Å²) in [6.45, 7) is 0.729. The molecule has 0 fully saturated rings. The molecule has 3 rings (SSSR count). The van der Waals surface area contributed by atoms with Crippen LogP contribution in [-0.4, -0.2) is 42.7 Å². The van der Waals surface area contributed by atoms with Gasteiger partial charge in [0.2, 0.25) is 5.91 Å². The van der Waals surface area contributed by atoms with Gasteiger partial charge in [-0.15, -0.1) is 0 Å². The number of hydrogen-bond acceptors (Lipinski definition) is 4. The number of hydrogen-bond donors (Lipinski definition) is 1. The number of amides is 1. The summed E-state index contributed by atoms with van der Waals surface area (Å²) >= 11 is 0. The van der Waals surface area contributed by atoms with Crippen LogP contribution in [0.25, 0.3) is 0 Å². The Morgan fingerprint density at radius 2 is 2.05 bits per heavy atom. The number of fused-ring (bicyclic) bond motifs is 1. The van der Waals surface area contributed by atoms with Crippen molar-refractivity contribution in [3.05, 3.63) is 48.0 Å². The lowest BCUT2D eigenvalue weighted by Crippen LogP contribution is -2.48. The van der Waals surface area contributed by atoms with Crippen molar-refractivity contribution in [3.8, 4) is 0 Å². The van der Waals surface area contributed by atoms with Crippen LogP contribution in [0.3, 0.4) is 0 Å². The van der Waals surface area contributed by atoms with E-state index < -0.39 is 12.0 Å². The van der Waals surface area contributed by atoms with E-state index in [1.807, 2.05) is 24.3 Å². The Kier molecular flexibility index (Phi) is 3.86. The minimum Gasteiger partial charge on any atom is -0.480 e. The van der Waals surface area contributed by atoms with Gasteiger partial charge in [0, 0.05) is 19.4 Å². The molecule has 0 spiro atoms. The van der Waals surface area contributed by atoms with Crippen molar-refractivity contribution in [2.75, 3.05) is 0 Å². The van der Waals surface area contributed by atoms with Gasteiger partial charge in [-0.3, -0.25) is 9.48 Å². The first-order valence-electron chi connectivity index (χ1n) is 7.06. The topological polar surface area (TPSA) is 88.3 Å². The normalized spacial score (nSPS) is 17.1. The number of benzene rings is 1. The van der Waals surface area contributed by atoms with Gasteiger partial charge in [0.25, 0.3) is 0 Å². The lowest BCUT2D eigenvalue weighted by Gasteiger charge is -2.34. The Hall–Kier alpha value is -2.70. The number of rotatable bonds is 4. The second kappa shape index (κ2) is 5.97. The van der Waals surface area contributed by atoms with Crippen LogP contribution in [0, 0.1) is 0 Å². The van der Waals surface area contributed by atoms with Gasteiger partial charge in [-0.1, -0.05) is 24.3 Å². The van der Waals surface area contributed by atoms with Crippen LogP contribution in [-0.2, 0) is 29.1 Å². The quantitative estimate of drug-likeness (QED) is 0.898. The van der Waals surface area contributed by atoms with Gasteiger partial charge in [-0.2, -0.15) is 5.10 Å². The third-order valence-electron chi connectivity index (χ3n) is 3.88. The van der Waals surface area contributed by atoms with E-state index in [4.69, 9.17) is 0 Å². The van der Waals surface area contributed by atoms with E-state index in [0.29, 0.717) is 19.5 Å². The Balaban J connectivity index is 1.75. The van der Waals surface area contributed by atoms with E-state index in [2.05, 4.69) is 10.1 Å². The SMILES string of the molecule is O=C(O)[C@H]1Cc2ccccc2CN1C(=O)CCn1cncn1. The molecule has 1 aromatic carbocycles. The van der Waals surface area contributed by atoms with Gasteiger partial charge in [-0.05, 0) is 11.1 Å². The average molecular weight is 300 g/mol. The highest BCUT2D eigenvalue weighted by Gasteiger charge is 2.34. The zero-order valence-electron chi connectivity index (χ0n) is 11.9. The molecule has 1 aliphatic heterocycles. The van der Waals surface area contributed by atoms with Crippen LogP contribution in [0.1, 0.15) is 17.5 Å². The average Bonchev–Trinajstić information content (AvgIpc) is 3.04. The number of aromatic nitrogens is 3. The lowest BCUT2D eigenvalue weighted by molar-refractivity contribution is -0.151. The van der Waals surface area contributed by atoms with Crippen LogP contribution in [0.15, 0.2) is 36.9 Å². The molecule has 0 radical (unpaired) electrons. The van der Waals surface area contributed by atoms with Crippen molar-refractivity contribution in [2.24, 2.45) is 0 Å². The van der Waals surface area contributed by atoms with Gasteiger partial charge in [0.05, 0.1) is 6.54 Å². The molecule has 0 bridgehead atoms. The number of aryl methyl sites for hydroxylation is 1. The van der Waals surface area contributed by atoms with Gasteiger partial charge in [-0.25, -0.2) is 9.78 Å². The second-order valence-corrected chi connectivity index (χ2v) is 5.26. The molecule has 1 N–H and O–H groups in total. The van der Waals surface area contributed by atoms with Crippen molar-refractivity contribution in [1.29, 1.82) is 0 Å². The predicted octanol–water partition coefficient (Wildman–Crippen LogP) is 0.706. The molecular formula is C15H16N4O3. The molecule has 114 valence electrons. The minimum absolute atomic E-state index is 0.183. The molecule has 7 nitrogen and oxygen atoms in total. The molecule has 1 amide bonds. The van der Waals surface area contributed by atoms with E-state index in [-0.39, 0.29) is 12.3 Å². The summed E-state index contributed by atoms with van der Waals surface area (Å²) in [5, 5.41) is 13.4. The van der Waals surface area contributed by atoms with Gasteiger partial charge in [0.1, 0.15) is 18.7 Å². The number of aliphatic carboxylic acids is 1. The Morgan fingerprint density at radius 3 is 2.73 bits per heavy atom. The molecule has 1 aromatic heterocycles. The highest BCUT2D eigenvalue weighted by atomic mass is 16.4. The van der Waals surface area contributed by atoms with Gasteiger partial charge in [0.15, 0.2) is 0 Å². The molecular weight excluding hydrogens is 284 g/mol. The molecule has 1 aliphatic rings. The van der Waals surface area contributed by atoms with E-state index in [1.165, 1.54) is 17.6 Å². The van der Waals surface area contributed by atoms with Crippen LogP contribution in [0.5, 0.6) is 0 Å². The monoisotopic (exact) mass is 300 g/mol. The standard InChI is InChI=1S/C15H16N4O3/c20-14(5-6-18-10-16-9-17-18)19-8-12-4-2-1-3-11(12)7-13(19)15(21)22/h1-4,9-10,13H,5-8H2,(H,21,22)/t13-/m1/s1. The summed E-state index contributed by atoms with van der Waals surface area (Å²) in [5.41, 5.74) is 2.00. The van der Waals surface area contributed by atoms with Crippen LogP contribution in [0.4, 0.5) is 0 Å². The maximum Gasteiger partial charge on any atom is 0.326 e. The molecule has 2 heterocycles. The molecule has 2 aromatic rings. The number of carboxylic acid groups (broad SMARTS) is 1. The van der Waals surface area contributed by atoms with E-state index >= 15 is 0 Å². The zero-order chi connectivity index (χ0) is 15.5. The van der Waals surface area contributed by atoms with Gasteiger partial charge < -0.3 is 10.0 Å². The second-order valence-electron chi connectivity index (χ2n) is 5.26. The van der Waals surface area contributed by atoms with Crippen molar-refractivity contribution in [2.45, 2.75) is 32.0 Å². The number of carbonyl (C=O) groups is 2. The molecule has 22 heavy (non-hydrogen) atoms. The first-order chi connectivity index (χ1) is 10.6. The fraction of sp³-hybridized carbons (Fsp3) is 0.333. The molecule has 0 aliphatic carbocycles. The van der Waals surface area contributed by atoms with Crippen molar-refractivity contribution in [3.63, 3.8) is 0 Å². The molecule has 0 unspecified atom stereocenters. The smallest absolute Gasteiger partial charge is 0.326 e. The summed E-state index contributed by atoms with van der Waals surface area (Å²) < 4.78 is 1.56. The van der Waals surface area contributed by atoms with Gasteiger partial charge >= 0.3 is 5.97 Å². The van der Waals surface area contributed by atoms with E-state index in [1.54, 1.807) is 4.68 Å². The largest absolute Gasteiger partial charge is 0.480 e. The number of carbonyl (C=O) groups excluding carboxylic acids is 1. The fourth-order valence-electron chi connectivity index (χ4n) is 2.71. The maximum atomic E-state index is 12.4. The fourth-order valence-corrected chi connectivity index (χ4v) is 2.71. The number of nitrogens with zero attached hydrogens (tertiary/aromatic N) is 4. The van der Waals surface area contributed by atoms with Crippen molar-refractivity contribution >= 4 is 11.9 Å². The third-order valence-corrected chi connectivity index (χ3v) is 3.88. The van der Waals surface area contributed by atoms with Crippen LogP contribution < -0.4 is 0 Å². The lowest BCUT2D eigenvalue weighted by atomic mass is 9.93. The Bertz CT molecular complexity index is 684. The van der Waals surface area contributed by atoms with Crippen LogP contribution >= 0.6 is 0 Å². The highest BCUT2D eigenvalue weighted by Crippen LogP contribution is 2.24. The summed E-state index contributed by atoms with van der Waals surface area (Å²) in [5.74, 6) is -1.15. The Morgan fingerprint density at radius 1 is 1.27 bits per heavy atom. The van der Waals surface area contributed by atoms with E-state index in [0.717, 1.165) is 11.1 Å². The summed E-state index contributed by atoms with van der Waals surface area (Å²) in [6, 6.07) is 6.84. The molecule has 1 atom stereocenters. The number of carboxylic acids is 1. The Labute approximate surface area is 127 Å². The first-order valence-corrected chi connectivity index (χ1v) is 7.06. The van der Waals surface area contributed by atoms with E-state index in [9.17, 15) is 14.7 Å². The highest BCUT2D eigenvalue weighted by molar-refractivity contribution is 5.84. The van der Waals surface area contributed by atoms with Crippen LogP contribution in [0.2, 0.25) is 0 Å². The zero-order valence-corrected chi connectivity index (χ0v) is 11.9. The maximum absolute atomic E-state index is 12.4. The predicted molar refractivity (Wildman–Crippen MR) is 76.8 cm³/mol. The summed E-state index contributed by atoms with van der Waals surface area (Å²) in [6.07, 6.45) is 3.49. The van der Waals surface area contributed by atoms with Crippen molar-refractivity contribution in [1.82, 2.24) is 19.7 Å². The molecule has 0 saturated heterocycles. The first kappa shape index (κ1) is 14.2. The third kappa shape index (κ3) is 2.83. The summed E-state index contributed by atoms with van der Waals surface area (Å²) in [7, 11) is 0. The molecule has 0 saturated carbocycles. The van der Waals surface area contributed by atoms with Crippen molar-refractivity contribution < 1.29 is 14.7 Å². The molecule has 7 heteroatoms. The minimum atomic E-state index is -0.969.